The van der Waals surface area contributed by atoms with Crippen LogP contribution in [0.5, 0.6) is 0 Å². The fourth-order valence-electron chi connectivity index (χ4n) is 4.44. The number of carbonyl (C=O) groups excluding carboxylic acids is 1. The summed E-state index contributed by atoms with van der Waals surface area (Å²) in [5.41, 5.74) is 1.28. The van der Waals surface area contributed by atoms with Crippen LogP contribution >= 0.6 is 0 Å². The molecule has 0 spiro atoms. The molecule has 0 aliphatic carbocycles. The zero-order valence-electron chi connectivity index (χ0n) is 19.1. The number of hydrogen-bond acceptors (Lipinski definition) is 5. The van der Waals surface area contributed by atoms with E-state index in [9.17, 15) is 4.79 Å². The Morgan fingerprint density at radius 2 is 2.09 bits per heavy atom. The third kappa shape index (κ3) is 5.63. The van der Waals surface area contributed by atoms with Crippen LogP contribution in [-0.2, 0) is 18.2 Å². The van der Waals surface area contributed by atoms with Crippen LogP contribution < -0.4 is 5.32 Å². The Kier molecular flexibility index (Phi) is 7.34. The number of hydrogen-bond donors (Lipinski definition) is 1. The molecule has 2 aromatic rings. The molecule has 4 rings (SSSR count). The predicted octanol–water partition coefficient (Wildman–Crippen LogP) is 2.61. The first kappa shape index (κ1) is 22.2. The standard InChI is InChI=1S/C23H34N6O3/c1-3-31-23(30)28-12-8-20(9-13-28)26-22(24-10-6-21-5-4-14-32-21)29-11-7-18(17-29)19-15-25-27(2)16-19/h4-5,14-16,18,20H,3,6-13,17H2,1-2H3,(H,24,26). The van der Waals surface area contributed by atoms with Crippen molar-refractivity contribution in [1.29, 1.82) is 0 Å². The Balaban J connectivity index is 1.37. The van der Waals surface area contributed by atoms with Gasteiger partial charge in [0.15, 0.2) is 5.96 Å². The number of carbonyl (C=O) groups is 1. The molecule has 1 atom stereocenters. The van der Waals surface area contributed by atoms with Crippen LogP contribution in [-0.4, -0.2) is 77.0 Å². The quantitative estimate of drug-likeness (QED) is 0.547. The molecule has 2 saturated heterocycles. The summed E-state index contributed by atoms with van der Waals surface area (Å²) in [6, 6.07) is 4.19. The molecule has 174 valence electrons. The highest BCUT2D eigenvalue weighted by Gasteiger charge is 2.30. The van der Waals surface area contributed by atoms with Crippen molar-refractivity contribution in [3.63, 3.8) is 0 Å². The third-order valence-electron chi connectivity index (χ3n) is 6.24. The molecule has 1 amide bonds. The summed E-state index contributed by atoms with van der Waals surface area (Å²) in [6.45, 7) is 6.23. The maximum absolute atomic E-state index is 12.0. The molecular weight excluding hydrogens is 408 g/mol. The Morgan fingerprint density at radius 1 is 1.28 bits per heavy atom. The molecular formula is C23H34N6O3. The van der Waals surface area contributed by atoms with E-state index in [1.807, 2.05) is 37.0 Å². The van der Waals surface area contributed by atoms with Crippen molar-refractivity contribution in [3.05, 3.63) is 42.1 Å². The lowest BCUT2D eigenvalue weighted by Gasteiger charge is -2.34. The number of aryl methyl sites for hydroxylation is 1. The van der Waals surface area contributed by atoms with Gasteiger partial charge < -0.3 is 24.3 Å². The Labute approximate surface area is 189 Å². The molecule has 2 aromatic heterocycles. The smallest absolute Gasteiger partial charge is 0.409 e. The van der Waals surface area contributed by atoms with E-state index < -0.39 is 0 Å². The number of nitrogens with zero attached hydrogens (tertiary/aromatic N) is 5. The lowest BCUT2D eigenvalue weighted by Crippen LogP contribution is -2.50. The van der Waals surface area contributed by atoms with Crippen LogP contribution in [0.4, 0.5) is 4.79 Å². The Bertz CT molecular complexity index is 885. The summed E-state index contributed by atoms with van der Waals surface area (Å²) in [7, 11) is 1.96. The van der Waals surface area contributed by atoms with Crippen LogP contribution in [0.3, 0.4) is 0 Å². The zero-order chi connectivity index (χ0) is 22.3. The third-order valence-corrected chi connectivity index (χ3v) is 6.24. The summed E-state index contributed by atoms with van der Waals surface area (Å²) < 4.78 is 12.5. The van der Waals surface area contributed by atoms with Crippen molar-refractivity contribution in [2.45, 2.75) is 44.6 Å². The number of aromatic nitrogens is 2. The predicted molar refractivity (Wildman–Crippen MR) is 122 cm³/mol. The largest absolute Gasteiger partial charge is 0.469 e. The molecule has 0 saturated carbocycles. The van der Waals surface area contributed by atoms with Gasteiger partial charge in [-0.1, -0.05) is 0 Å². The van der Waals surface area contributed by atoms with Gasteiger partial charge in [0.2, 0.25) is 0 Å². The summed E-state index contributed by atoms with van der Waals surface area (Å²) in [5.74, 6) is 2.37. The number of amides is 1. The van der Waals surface area contributed by atoms with Gasteiger partial charge in [-0.15, -0.1) is 0 Å². The first-order chi connectivity index (χ1) is 15.6. The SMILES string of the molecule is CCOC(=O)N1CCC(NC(=NCCc2ccco2)N2CCC(c3cnn(C)c3)C2)CC1. The lowest BCUT2D eigenvalue weighted by molar-refractivity contribution is 0.0961. The van der Waals surface area contributed by atoms with Crippen molar-refractivity contribution in [2.75, 3.05) is 39.3 Å². The van der Waals surface area contributed by atoms with Crippen LogP contribution in [0.2, 0.25) is 0 Å². The van der Waals surface area contributed by atoms with Crippen molar-refractivity contribution < 1.29 is 13.9 Å². The van der Waals surface area contributed by atoms with E-state index in [-0.39, 0.29) is 6.09 Å². The van der Waals surface area contributed by atoms with E-state index in [0.29, 0.717) is 38.2 Å². The average Bonchev–Trinajstić information content (AvgIpc) is 3.56. The van der Waals surface area contributed by atoms with Crippen LogP contribution in [0.1, 0.15) is 43.4 Å². The molecule has 0 aromatic carbocycles. The molecule has 4 heterocycles. The molecule has 0 bridgehead atoms. The van der Waals surface area contributed by atoms with Gasteiger partial charge in [0, 0.05) is 64.3 Å². The number of likely N-dealkylation sites (tertiary alicyclic amines) is 2. The van der Waals surface area contributed by atoms with Gasteiger partial charge in [0.1, 0.15) is 5.76 Å². The van der Waals surface area contributed by atoms with Crippen LogP contribution in [0.25, 0.3) is 0 Å². The van der Waals surface area contributed by atoms with E-state index in [0.717, 1.165) is 50.5 Å². The molecule has 2 aliphatic heterocycles. The molecule has 1 N–H and O–H groups in total. The number of ether oxygens (including phenoxy) is 1. The van der Waals surface area contributed by atoms with E-state index in [4.69, 9.17) is 14.1 Å². The second-order valence-corrected chi connectivity index (χ2v) is 8.52. The van der Waals surface area contributed by atoms with Gasteiger partial charge in [-0.3, -0.25) is 9.67 Å². The summed E-state index contributed by atoms with van der Waals surface area (Å²) >= 11 is 0. The van der Waals surface area contributed by atoms with E-state index in [2.05, 4.69) is 21.5 Å². The fourth-order valence-corrected chi connectivity index (χ4v) is 4.44. The number of furan rings is 1. The molecule has 9 nitrogen and oxygen atoms in total. The second kappa shape index (κ2) is 10.6. The highest BCUT2D eigenvalue weighted by atomic mass is 16.6. The minimum atomic E-state index is -0.211. The first-order valence-corrected chi connectivity index (χ1v) is 11.6. The first-order valence-electron chi connectivity index (χ1n) is 11.6. The van der Waals surface area contributed by atoms with Gasteiger partial charge in [-0.05, 0) is 43.9 Å². The molecule has 0 radical (unpaired) electrons. The van der Waals surface area contributed by atoms with Gasteiger partial charge in [0.25, 0.3) is 0 Å². The van der Waals surface area contributed by atoms with Gasteiger partial charge in [-0.25, -0.2) is 4.79 Å². The summed E-state index contributed by atoms with van der Waals surface area (Å²) in [5, 5.41) is 8.03. The van der Waals surface area contributed by atoms with E-state index >= 15 is 0 Å². The van der Waals surface area contributed by atoms with Crippen LogP contribution in [0, 0.1) is 0 Å². The highest BCUT2D eigenvalue weighted by molar-refractivity contribution is 5.80. The number of nitrogens with one attached hydrogen (secondary N) is 1. The highest BCUT2D eigenvalue weighted by Crippen LogP contribution is 2.27. The van der Waals surface area contributed by atoms with Crippen molar-refractivity contribution >= 4 is 12.1 Å². The molecule has 2 aliphatic rings. The normalized spacial score (nSPS) is 20.1. The Hall–Kier alpha value is -2.97. The topological polar surface area (TPSA) is 88.1 Å². The van der Waals surface area contributed by atoms with Gasteiger partial charge in [0.05, 0.1) is 19.1 Å². The number of guanidine groups is 1. The fraction of sp³-hybridized carbons (Fsp3) is 0.609. The lowest BCUT2D eigenvalue weighted by atomic mass is 10.0. The average molecular weight is 443 g/mol. The molecule has 1 unspecified atom stereocenters. The van der Waals surface area contributed by atoms with Gasteiger partial charge in [-0.2, -0.15) is 5.10 Å². The number of piperidine rings is 1. The van der Waals surface area contributed by atoms with E-state index in [1.54, 1.807) is 11.2 Å². The van der Waals surface area contributed by atoms with Crippen LogP contribution in [0.15, 0.2) is 40.2 Å². The Morgan fingerprint density at radius 3 is 2.78 bits per heavy atom. The molecule has 9 heteroatoms. The van der Waals surface area contributed by atoms with Crippen molar-refractivity contribution in [1.82, 2.24) is 24.9 Å². The van der Waals surface area contributed by atoms with Crippen molar-refractivity contribution in [3.8, 4) is 0 Å². The minimum absolute atomic E-state index is 0.211. The molecule has 32 heavy (non-hydrogen) atoms. The second-order valence-electron chi connectivity index (χ2n) is 8.52. The number of rotatable bonds is 6. The monoisotopic (exact) mass is 442 g/mol. The summed E-state index contributed by atoms with van der Waals surface area (Å²) in [4.78, 5) is 21.1. The number of aliphatic imine (C=N–C) groups is 1. The maximum Gasteiger partial charge on any atom is 0.409 e. The molecule has 2 fully saturated rings. The summed E-state index contributed by atoms with van der Waals surface area (Å²) in [6.07, 6.45) is 9.21. The zero-order valence-corrected chi connectivity index (χ0v) is 19.1. The van der Waals surface area contributed by atoms with Crippen molar-refractivity contribution in [2.24, 2.45) is 12.0 Å². The van der Waals surface area contributed by atoms with E-state index in [1.165, 1.54) is 5.56 Å². The maximum atomic E-state index is 12.0. The minimum Gasteiger partial charge on any atom is -0.469 e. The van der Waals surface area contributed by atoms with Gasteiger partial charge >= 0.3 is 6.09 Å².